The van der Waals surface area contributed by atoms with E-state index in [1.54, 1.807) is 0 Å². The Morgan fingerprint density at radius 1 is 0.962 bits per heavy atom. The first-order valence-electron chi connectivity index (χ1n) is 9.11. The van der Waals surface area contributed by atoms with Crippen LogP contribution in [0.3, 0.4) is 0 Å². The van der Waals surface area contributed by atoms with Crippen molar-refractivity contribution in [2.45, 2.75) is 13.5 Å². The van der Waals surface area contributed by atoms with Gasteiger partial charge in [0.25, 0.3) is 0 Å². The standard InChI is InChI=1S/C21H28N4.ClH/c1-3-24(18-20-7-5-4-6-8-20)21-11-9-19(10-12-21)17-22-25-15-13-23(2)14-16-25;/h4-12,17H,3,13-16,18H2,1-2H3;1H. The fourth-order valence-electron chi connectivity index (χ4n) is 3.02. The maximum atomic E-state index is 4.62. The van der Waals surface area contributed by atoms with Crippen LogP contribution in [0.4, 0.5) is 5.69 Å². The number of hydrogen-bond acceptors (Lipinski definition) is 4. The van der Waals surface area contributed by atoms with Gasteiger partial charge < -0.3 is 9.80 Å². The average Bonchev–Trinajstić information content (AvgIpc) is 2.67. The molecular weight excluding hydrogens is 344 g/mol. The van der Waals surface area contributed by atoms with Gasteiger partial charge in [-0.2, -0.15) is 5.10 Å². The van der Waals surface area contributed by atoms with Gasteiger partial charge in [0.1, 0.15) is 0 Å². The molecule has 1 aliphatic heterocycles. The highest BCUT2D eigenvalue weighted by Crippen LogP contribution is 2.17. The highest BCUT2D eigenvalue weighted by molar-refractivity contribution is 5.85. The molecule has 2 aromatic carbocycles. The summed E-state index contributed by atoms with van der Waals surface area (Å²) in [5.41, 5.74) is 3.74. The van der Waals surface area contributed by atoms with Gasteiger partial charge in [-0.3, -0.25) is 5.01 Å². The molecule has 0 aliphatic carbocycles. The number of likely N-dealkylation sites (N-methyl/N-ethyl adjacent to an activating group) is 1. The monoisotopic (exact) mass is 372 g/mol. The molecule has 26 heavy (non-hydrogen) atoms. The fourth-order valence-corrected chi connectivity index (χ4v) is 3.02. The Morgan fingerprint density at radius 3 is 2.23 bits per heavy atom. The molecular formula is C21H29ClN4. The van der Waals surface area contributed by atoms with Crippen LogP contribution >= 0.6 is 12.4 Å². The van der Waals surface area contributed by atoms with E-state index in [0.717, 1.165) is 44.8 Å². The number of hydrogen-bond donors (Lipinski definition) is 0. The fraction of sp³-hybridized carbons (Fsp3) is 0.381. The lowest BCUT2D eigenvalue weighted by atomic mass is 10.1. The quantitative estimate of drug-likeness (QED) is 0.721. The number of piperazine rings is 1. The Bertz CT molecular complexity index is 664. The summed E-state index contributed by atoms with van der Waals surface area (Å²) in [6.07, 6.45) is 1.97. The molecule has 1 aliphatic rings. The molecule has 0 saturated carbocycles. The summed E-state index contributed by atoms with van der Waals surface area (Å²) in [4.78, 5) is 4.73. The molecule has 0 spiro atoms. The lowest BCUT2D eigenvalue weighted by Crippen LogP contribution is -2.41. The molecule has 0 unspecified atom stereocenters. The van der Waals surface area contributed by atoms with Gasteiger partial charge in [-0.1, -0.05) is 42.5 Å². The third kappa shape index (κ3) is 5.75. The Balaban J connectivity index is 0.00000243. The van der Waals surface area contributed by atoms with E-state index in [1.165, 1.54) is 11.3 Å². The van der Waals surface area contributed by atoms with E-state index in [1.807, 2.05) is 6.21 Å². The van der Waals surface area contributed by atoms with Crippen LogP contribution in [0.2, 0.25) is 0 Å². The minimum absolute atomic E-state index is 0. The molecule has 0 N–H and O–H groups in total. The molecule has 0 amide bonds. The van der Waals surface area contributed by atoms with Gasteiger partial charge in [0, 0.05) is 45.0 Å². The van der Waals surface area contributed by atoms with E-state index >= 15 is 0 Å². The van der Waals surface area contributed by atoms with E-state index < -0.39 is 0 Å². The SMILES string of the molecule is CCN(Cc1ccccc1)c1ccc(C=NN2CCN(C)CC2)cc1.Cl. The molecule has 0 radical (unpaired) electrons. The molecule has 140 valence electrons. The lowest BCUT2D eigenvalue weighted by molar-refractivity contribution is 0.159. The van der Waals surface area contributed by atoms with Crippen molar-refractivity contribution in [1.82, 2.24) is 9.91 Å². The van der Waals surface area contributed by atoms with Crippen LogP contribution in [-0.4, -0.2) is 55.9 Å². The van der Waals surface area contributed by atoms with Gasteiger partial charge >= 0.3 is 0 Å². The van der Waals surface area contributed by atoms with Crippen LogP contribution in [0.1, 0.15) is 18.1 Å². The molecule has 1 heterocycles. The minimum Gasteiger partial charge on any atom is -0.367 e. The lowest BCUT2D eigenvalue weighted by Gasteiger charge is -2.30. The number of nitrogens with zero attached hydrogens (tertiary/aromatic N) is 4. The first-order chi connectivity index (χ1) is 12.2. The predicted octanol–water partition coefficient (Wildman–Crippen LogP) is 3.72. The van der Waals surface area contributed by atoms with Gasteiger partial charge in [0.2, 0.25) is 0 Å². The normalized spacial score (nSPS) is 15.1. The second kappa shape index (κ2) is 10.2. The van der Waals surface area contributed by atoms with Crippen molar-refractivity contribution < 1.29 is 0 Å². The van der Waals surface area contributed by atoms with Crippen molar-refractivity contribution in [3.05, 3.63) is 65.7 Å². The molecule has 1 fully saturated rings. The largest absolute Gasteiger partial charge is 0.367 e. The van der Waals surface area contributed by atoms with Gasteiger partial charge in [0.05, 0.1) is 6.21 Å². The van der Waals surface area contributed by atoms with Crippen LogP contribution < -0.4 is 4.90 Å². The van der Waals surface area contributed by atoms with Gasteiger partial charge in [-0.15, -0.1) is 12.4 Å². The maximum Gasteiger partial charge on any atom is 0.0542 e. The summed E-state index contributed by atoms with van der Waals surface area (Å²) >= 11 is 0. The Labute approximate surface area is 163 Å². The van der Waals surface area contributed by atoms with Crippen molar-refractivity contribution in [3.63, 3.8) is 0 Å². The summed E-state index contributed by atoms with van der Waals surface area (Å²) in [6, 6.07) is 19.3. The Morgan fingerprint density at radius 2 is 1.62 bits per heavy atom. The number of rotatable bonds is 6. The minimum atomic E-state index is 0. The Hall–Kier alpha value is -2.04. The van der Waals surface area contributed by atoms with Crippen molar-refractivity contribution in [2.75, 3.05) is 44.7 Å². The van der Waals surface area contributed by atoms with Gasteiger partial charge in [0.15, 0.2) is 0 Å². The Kier molecular flexibility index (Phi) is 7.95. The highest BCUT2D eigenvalue weighted by atomic mass is 35.5. The van der Waals surface area contributed by atoms with Crippen LogP contribution in [0.15, 0.2) is 59.7 Å². The summed E-state index contributed by atoms with van der Waals surface area (Å²) in [7, 11) is 2.16. The third-order valence-corrected chi connectivity index (χ3v) is 4.71. The maximum absolute atomic E-state index is 4.62. The number of hydrazone groups is 1. The van der Waals surface area contributed by atoms with Crippen LogP contribution in [0.5, 0.6) is 0 Å². The van der Waals surface area contributed by atoms with E-state index in [-0.39, 0.29) is 12.4 Å². The first kappa shape index (κ1) is 20.3. The van der Waals surface area contributed by atoms with Gasteiger partial charge in [-0.05, 0) is 37.2 Å². The van der Waals surface area contributed by atoms with Crippen molar-refractivity contribution in [1.29, 1.82) is 0 Å². The molecule has 3 rings (SSSR count). The van der Waals surface area contributed by atoms with Crippen LogP contribution in [-0.2, 0) is 6.54 Å². The molecule has 2 aromatic rings. The second-order valence-corrected chi connectivity index (χ2v) is 6.59. The number of halogens is 1. The highest BCUT2D eigenvalue weighted by Gasteiger charge is 2.10. The predicted molar refractivity (Wildman–Crippen MR) is 114 cm³/mol. The summed E-state index contributed by atoms with van der Waals surface area (Å²) in [5, 5.41) is 6.77. The van der Waals surface area contributed by atoms with E-state index in [0.29, 0.717) is 0 Å². The number of benzene rings is 2. The van der Waals surface area contributed by atoms with E-state index in [2.05, 4.69) is 88.5 Å². The average molecular weight is 373 g/mol. The third-order valence-electron chi connectivity index (χ3n) is 4.71. The van der Waals surface area contributed by atoms with E-state index in [9.17, 15) is 0 Å². The summed E-state index contributed by atoms with van der Waals surface area (Å²) in [5.74, 6) is 0. The number of anilines is 1. The molecule has 1 saturated heterocycles. The summed E-state index contributed by atoms with van der Waals surface area (Å²) < 4.78 is 0. The molecule has 5 heteroatoms. The topological polar surface area (TPSA) is 22.1 Å². The van der Waals surface area contributed by atoms with Crippen LogP contribution in [0.25, 0.3) is 0 Å². The second-order valence-electron chi connectivity index (χ2n) is 6.59. The zero-order valence-corrected chi connectivity index (χ0v) is 16.5. The molecule has 0 aromatic heterocycles. The smallest absolute Gasteiger partial charge is 0.0542 e. The molecule has 0 bridgehead atoms. The van der Waals surface area contributed by atoms with Crippen molar-refractivity contribution in [3.8, 4) is 0 Å². The zero-order chi connectivity index (χ0) is 17.5. The first-order valence-corrected chi connectivity index (χ1v) is 9.11. The van der Waals surface area contributed by atoms with Gasteiger partial charge in [-0.25, -0.2) is 0 Å². The molecule has 0 atom stereocenters. The van der Waals surface area contributed by atoms with Crippen molar-refractivity contribution in [2.24, 2.45) is 5.10 Å². The van der Waals surface area contributed by atoms with E-state index in [4.69, 9.17) is 0 Å². The van der Waals surface area contributed by atoms with Crippen molar-refractivity contribution >= 4 is 24.3 Å². The summed E-state index contributed by atoms with van der Waals surface area (Å²) in [6.45, 7) is 8.31. The van der Waals surface area contributed by atoms with Crippen LogP contribution in [0, 0.1) is 0 Å². The molecule has 4 nitrogen and oxygen atoms in total. The zero-order valence-electron chi connectivity index (χ0n) is 15.7.